The van der Waals surface area contributed by atoms with Gasteiger partial charge in [-0.05, 0) is 26.3 Å². The molecule has 26 heavy (non-hydrogen) atoms. The zero-order valence-corrected chi connectivity index (χ0v) is 16.1. The van der Waals surface area contributed by atoms with Gasteiger partial charge in [0.25, 0.3) is 0 Å². The zero-order valence-electron chi connectivity index (χ0n) is 15.3. The van der Waals surface area contributed by atoms with Crippen molar-refractivity contribution in [1.29, 1.82) is 0 Å². The predicted molar refractivity (Wildman–Crippen MR) is 101 cm³/mol. The molecular weight excluding hydrogens is 352 g/mol. The number of carbonyl (C=O) groups excluding carboxylic acids is 2. The van der Waals surface area contributed by atoms with Gasteiger partial charge in [0.05, 0.1) is 29.7 Å². The molecule has 3 rings (SSSR count). The maximum absolute atomic E-state index is 12.5. The lowest BCUT2D eigenvalue weighted by Crippen LogP contribution is -2.39. The molecule has 0 aliphatic carbocycles. The quantitative estimate of drug-likeness (QED) is 0.835. The third-order valence-corrected chi connectivity index (χ3v) is 5.17. The second-order valence-electron chi connectivity index (χ2n) is 6.59. The molecule has 2 aromatic heterocycles. The number of rotatable bonds is 5. The van der Waals surface area contributed by atoms with Gasteiger partial charge < -0.3 is 10.6 Å². The predicted octanol–water partition coefficient (Wildman–Crippen LogP) is 2.31. The lowest BCUT2D eigenvalue weighted by atomic mass is 10.00. The molecule has 1 aliphatic rings. The zero-order chi connectivity index (χ0) is 18.7. The summed E-state index contributed by atoms with van der Waals surface area (Å²) in [4.78, 5) is 30.4. The Bertz CT molecular complexity index is 799. The fraction of sp³-hybridized carbons (Fsp3) is 0.529. The van der Waals surface area contributed by atoms with E-state index in [0.717, 1.165) is 42.9 Å². The highest BCUT2D eigenvalue weighted by atomic mass is 32.1. The molecule has 0 spiro atoms. The molecule has 1 saturated heterocycles. The Morgan fingerprint density at radius 1 is 1.35 bits per heavy atom. The number of aromatic nitrogens is 3. The molecule has 2 N–H and O–H groups in total. The molecule has 9 heteroatoms. The first-order valence-electron chi connectivity index (χ1n) is 8.69. The molecule has 140 valence electrons. The second-order valence-corrected chi connectivity index (χ2v) is 7.45. The molecule has 0 saturated carbocycles. The standard InChI is InChI=1S/C17H24N6O2S/c1-11-13(8-22(3)21-11)19-16(25)9-23-7-5-4-6-15(23)14-10-26-17(20-14)18-12(2)24/h8,10,15H,4-7,9H2,1-3H3,(H,19,25)(H,18,20,24). The van der Waals surface area contributed by atoms with Crippen molar-refractivity contribution in [3.05, 3.63) is 23.0 Å². The number of hydrogen-bond donors (Lipinski definition) is 2. The fourth-order valence-corrected chi connectivity index (χ4v) is 4.06. The first-order chi connectivity index (χ1) is 12.4. The van der Waals surface area contributed by atoms with E-state index in [1.54, 1.807) is 10.9 Å². The third kappa shape index (κ3) is 4.47. The van der Waals surface area contributed by atoms with Crippen molar-refractivity contribution >= 4 is 34.0 Å². The Balaban J connectivity index is 1.66. The van der Waals surface area contributed by atoms with Gasteiger partial charge in [0.2, 0.25) is 11.8 Å². The molecule has 2 amide bonds. The summed E-state index contributed by atoms with van der Waals surface area (Å²) in [5.74, 6) is -0.178. The largest absolute Gasteiger partial charge is 0.322 e. The van der Waals surface area contributed by atoms with Crippen LogP contribution >= 0.6 is 11.3 Å². The minimum absolute atomic E-state index is 0.0506. The summed E-state index contributed by atoms with van der Waals surface area (Å²) in [6.07, 6.45) is 4.94. The number of nitrogens with zero attached hydrogens (tertiary/aromatic N) is 4. The van der Waals surface area contributed by atoms with E-state index < -0.39 is 0 Å². The number of aryl methyl sites for hydroxylation is 2. The van der Waals surface area contributed by atoms with Crippen LogP contribution in [0.15, 0.2) is 11.6 Å². The van der Waals surface area contributed by atoms with Gasteiger partial charge in [-0.2, -0.15) is 5.10 Å². The number of thiazole rings is 1. The highest BCUT2D eigenvalue weighted by Crippen LogP contribution is 2.32. The van der Waals surface area contributed by atoms with Gasteiger partial charge in [-0.1, -0.05) is 6.42 Å². The van der Waals surface area contributed by atoms with E-state index in [4.69, 9.17) is 0 Å². The average molecular weight is 376 g/mol. The van der Waals surface area contributed by atoms with Crippen LogP contribution in [0.1, 0.15) is 43.6 Å². The van der Waals surface area contributed by atoms with Crippen LogP contribution in [0.25, 0.3) is 0 Å². The Morgan fingerprint density at radius 3 is 2.85 bits per heavy atom. The third-order valence-electron chi connectivity index (χ3n) is 4.39. The maximum atomic E-state index is 12.5. The molecular formula is C17H24N6O2S. The minimum atomic E-state index is -0.127. The molecule has 0 bridgehead atoms. The Kier molecular flexibility index (Phi) is 5.67. The minimum Gasteiger partial charge on any atom is -0.322 e. The van der Waals surface area contributed by atoms with Gasteiger partial charge in [0.15, 0.2) is 5.13 Å². The second kappa shape index (κ2) is 7.96. The number of likely N-dealkylation sites (tertiary alicyclic amines) is 1. The first kappa shape index (κ1) is 18.5. The highest BCUT2D eigenvalue weighted by molar-refractivity contribution is 7.13. The summed E-state index contributed by atoms with van der Waals surface area (Å²) in [6, 6.07) is 0.100. The smallest absolute Gasteiger partial charge is 0.238 e. The first-order valence-corrected chi connectivity index (χ1v) is 9.57. The highest BCUT2D eigenvalue weighted by Gasteiger charge is 2.28. The van der Waals surface area contributed by atoms with Crippen molar-refractivity contribution in [2.75, 3.05) is 23.7 Å². The number of anilines is 2. The lowest BCUT2D eigenvalue weighted by molar-refractivity contribution is -0.118. The van der Waals surface area contributed by atoms with Gasteiger partial charge in [0.1, 0.15) is 0 Å². The van der Waals surface area contributed by atoms with Crippen LogP contribution in [0.5, 0.6) is 0 Å². The fourth-order valence-electron chi connectivity index (χ4n) is 3.26. The molecule has 1 aliphatic heterocycles. The molecule has 1 atom stereocenters. The lowest BCUT2D eigenvalue weighted by Gasteiger charge is -2.34. The molecule has 0 aromatic carbocycles. The summed E-state index contributed by atoms with van der Waals surface area (Å²) in [5.41, 5.74) is 2.46. The SMILES string of the molecule is CC(=O)Nc1nc(C2CCCCN2CC(=O)Nc2cn(C)nc2C)cs1. The summed E-state index contributed by atoms with van der Waals surface area (Å²) >= 11 is 1.42. The Morgan fingerprint density at radius 2 is 2.15 bits per heavy atom. The molecule has 8 nitrogen and oxygen atoms in total. The van der Waals surface area contributed by atoms with Gasteiger partial charge in [-0.15, -0.1) is 11.3 Å². The number of carbonyl (C=O) groups is 2. The van der Waals surface area contributed by atoms with E-state index >= 15 is 0 Å². The van der Waals surface area contributed by atoms with Gasteiger partial charge in [-0.3, -0.25) is 19.2 Å². The summed E-state index contributed by atoms with van der Waals surface area (Å²) in [5, 5.41) is 12.5. The van der Waals surface area contributed by atoms with Crippen LogP contribution in [-0.2, 0) is 16.6 Å². The van der Waals surface area contributed by atoms with Crippen LogP contribution in [0.3, 0.4) is 0 Å². The molecule has 1 unspecified atom stereocenters. The average Bonchev–Trinajstić information content (AvgIpc) is 3.14. The van der Waals surface area contributed by atoms with Crippen LogP contribution < -0.4 is 10.6 Å². The van der Waals surface area contributed by atoms with Crippen molar-refractivity contribution in [3.63, 3.8) is 0 Å². The van der Waals surface area contributed by atoms with E-state index in [0.29, 0.717) is 11.7 Å². The molecule has 1 fully saturated rings. The van der Waals surface area contributed by atoms with E-state index in [1.807, 2.05) is 19.4 Å². The van der Waals surface area contributed by atoms with Crippen molar-refractivity contribution in [1.82, 2.24) is 19.7 Å². The summed E-state index contributed by atoms with van der Waals surface area (Å²) in [6.45, 7) is 4.51. The van der Waals surface area contributed by atoms with Crippen molar-refractivity contribution < 1.29 is 9.59 Å². The van der Waals surface area contributed by atoms with E-state index in [2.05, 4.69) is 25.6 Å². The number of hydrogen-bond acceptors (Lipinski definition) is 6. The van der Waals surface area contributed by atoms with Gasteiger partial charge >= 0.3 is 0 Å². The van der Waals surface area contributed by atoms with Gasteiger partial charge in [-0.25, -0.2) is 4.98 Å². The topological polar surface area (TPSA) is 92.1 Å². The number of amides is 2. The van der Waals surface area contributed by atoms with E-state index in [-0.39, 0.29) is 17.9 Å². The van der Waals surface area contributed by atoms with E-state index in [1.165, 1.54) is 18.3 Å². The number of nitrogens with one attached hydrogen (secondary N) is 2. The summed E-state index contributed by atoms with van der Waals surface area (Å²) in [7, 11) is 1.83. The molecule has 3 heterocycles. The van der Waals surface area contributed by atoms with Crippen molar-refractivity contribution in [3.8, 4) is 0 Å². The molecule has 2 aromatic rings. The van der Waals surface area contributed by atoms with Crippen LogP contribution in [-0.4, -0.2) is 44.6 Å². The maximum Gasteiger partial charge on any atom is 0.238 e. The normalized spacial score (nSPS) is 17.9. The van der Waals surface area contributed by atoms with Crippen LogP contribution in [0.4, 0.5) is 10.8 Å². The summed E-state index contributed by atoms with van der Waals surface area (Å²) < 4.78 is 1.69. The Labute approximate surface area is 156 Å². The number of piperidine rings is 1. The monoisotopic (exact) mass is 376 g/mol. The van der Waals surface area contributed by atoms with Crippen molar-refractivity contribution in [2.45, 2.75) is 39.2 Å². The van der Waals surface area contributed by atoms with Crippen LogP contribution in [0.2, 0.25) is 0 Å². The van der Waals surface area contributed by atoms with E-state index in [9.17, 15) is 9.59 Å². The molecule has 0 radical (unpaired) electrons. The van der Waals surface area contributed by atoms with Gasteiger partial charge in [0, 0.05) is 25.5 Å². The van der Waals surface area contributed by atoms with Crippen molar-refractivity contribution in [2.24, 2.45) is 7.05 Å². The van der Waals surface area contributed by atoms with Crippen LogP contribution in [0, 0.1) is 6.92 Å². The Hall–Kier alpha value is -2.26.